The normalized spacial score (nSPS) is 13.7. The van der Waals surface area contributed by atoms with Crippen molar-refractivity contribution in [3.05, 3.63) is 35.9 Å². The summed E-state index contributed by atoms with van der Waals surface area (Å²) in [5.74, 6) is -3.17. The summed E-state index contributed by atoms with van der Waals surface area (Å²) in [5.41, 5.74) is 12.0. The van der Waals surface area contributed by atoms with Gasteiger partial charge in [-0.05, 0) is 30.9 Å². The van der Waals surface area contributed by atoms with Crippen molar-refractivity contribution >= 4 is 23.7 Å². The van der Waals surface area contributed by atoms with Gasteiger partial charge >= 0.3 is 5.97 Å². The summed E-state index contributed by atoms with van der Waals surface area (Å²) in [7, 11) is 0. The zero-order chi connectivity index (χ0) is 24.1. The Morgan fingerprint density at radius 2 is 1.66 bits per heavy atom. The van der Waals surface area contributed by atoms with Crippen LogP contribution in [-0.4, -0.2) is 60.0 Å². The highest BCUT2D eigenvalue weighted by molar-refractivity contribution is 5.92. The second kappa shape index (κ2) is 14.2. The first kappa shape index (κ1) is 27.1. The lowest BCUT2D eigenvalue weighted by Crippen LogP contribution is -2.55. The van der Waals surface area contributed by atoms with Crippen molar-refractivity contribution < 1.29 is 24.3 Å². The second-order valence-corrected chi connectivity index (χ2v) is 7.99. The first-order valence-electron chi connectivity index (χ1n) is 10.8. The molecule has 0 radical (unpaired) electrons. The maximum absolute atomic E-state index is 12.8. The number of hydrogen-bond acceptors (Lipinski definition) is 6. The SMILES string of the molecule is CC(C)C(NC(=O)C(Cc1ccccc1)NC(=O)CNC(=O)C(N)CCCCN)C(=O)O. The Kier molecular flexibility index (Phi) is 12.0. The summed E-state index contributed by atoms with van der Waals surface area (Å²) in [5, 5.41) is 16.9. The molecule has 0 aliphatic rings. The Hall–Kier alpha value is -2.98. The number of carbonyl (C=O) groups is 4. The van der Waals surface area contributed by atoms with E-state index in [-0.39, 0.29) is 18.9 Å². The zero-order valence-corrected chi connectivity index (χ0v) is 18.7. The van der Waals surface area contributed by atoms with E-state index in [2.05, 4.69) is 16.0 Å². The second-order valence-electron chi connectivity index (χ2n) is 7.99. The highest BCUT2D eigenvalue weighted by atomic mass is 16.4. The van der Waals surface area contributed by atoms with E-state index < -0.39 is 41.8 Å². The summed E-state index contributed by atoms with van der Waals surface area (Å²) in [6.45, 7) is 3.52. The van der Waals surface area contributed by atoms with Gasteiger partial charge in [-0.15, -0.1) is 0 Å². The van der Waals surface area contributed by atoms with Crippen molar-refractivity contribution in [1.29, 1.82) is 0 Å². The monoisotopic (exact) mass is 449 g/mol. The molecular weight excluding hydrogens is 414 g/mol. The Bertz CT molecular complexity index is 756. The van der Waals surface area contributed by atoms with E-state index in [0.29, 0.717) is 19.4 Å². The van der Waals surface area contributed by atoms with Crippen molar-refractivity contribution in [2.45, 2.75) is 57.7 Å². The molecule has 1 rings (SSSR count). The number of carbonyl (C=O) groups excluding carboxylic acids is 3. The highest BCUT2D eigenvalue weighted by Gasteiger charge is 2.28. The Morgan fingerprint density at radius 1 is 1.00 bits per heavy atom. The van der Waals surface area contributed by atoms with Gasteiger partial charge in [-0.3, -0.25) is 14.4 Å². The number of benzene rings is 1. The predicted octanol–water partition coefficient (Wildman–Crippen LogP) is -0.488. The molecule has 0 fully saturated rings. The molecule has 1 aromatic carbocycles. The number of carboxylic acid groups (broad SMARTS) is 1. The Morgan fingerprint density at radius 3 is 2.22 bits per heavy atom. The van der Waals surface area contributed by atoms with Crippen molar-refractivity contribution in [3.8, 4) is 0 Å². The van der Waals surface area contributed by atoms with E-state index in [0.717, 1.165) is 12.0 Å². The molecule has 0 heterocycles. The molecule has 0 saturated heterocycles. The predicted molar refractivity (Wildman–Crippen MR) is 120 cm³/mol. The van der Waals surface area contributed by atoms with Crippen LogP contribution in [0.1, 0.15) is 38.7 Å². The molecule has 1 aromatic rings. The van der Waals surface area contributed by atoms with Gasteiger partial charge in [0.1, 0.15) is 12.1 Å². The van der Waals surface area contributed by atoms with E-state index in [1.807, 2.05) is 6.07 Å². The fraction of sp³-hybridized carbons (Fsp3) is 0.545. The molecule has 8 N–H and O–H groups in total. The number of aliphatic carboxylic acids is 1. The lowest BCUT2D eigenvalue weighted by molar-refractivity contribution is -0.143. The van der Waals surface area contributed by atoms with Gasteiger partial charge in [-0.2, -0.15) is 0 Å². The summed E-state index contributed by atoms with van der Waals surface area (Å²) in [4.78, 5) is 48.7. The fourth-order valence-corrected chi connectivity index (χ4v) is 3.01. The minimum Gasteiger partial charge on any atom is -0.480 e. The van der Waals surface area contributed by atoms with Crippen LogP contribution < -0.4 is 27.4 Å². The fourth-order valence-electron chi connectivity index (χ4n) is 3.01. The van der Waals surface area contributed by atoms with E-state index in [9.17, 15) is 24.3 Å². The van der Waals surface area contributed by atoms with E-state index in [1.54, 1.807) is 38.1 Å². The molecule has 32 heavy (non-hydrogen) atoms. The van der Waals surface area contributed by atoms with Crippen LogP contribution in [0.4, 0.5) is 0 Å². The van der Waals surface area contributed by atoms with E-state index in [1.165, 1.54) is 0 Å². The topological polar surface area (TPSA) is 177 Å². The van der Waals surface area contributed by atoms with Crippen LogP contribution in [-0.2, 0) is 25.6 Å². The van der Waals surface area contributed by atoms with Gasteiger partial charge in [-0.25, -0.2) is 4.79 Å². The van der Waals surface area contributed by atoms with Crippen LogP contribution in [0.2, 0.25) is 0 Å². The lowest BCUT2D eigenvalue weighted by Gasteiger charge is -2.23. The lowest BCUT2D eigenvalue weighted by atomic mass is 10.0. The molecular formula is C22H35N5O5. The third-order valence-corrected chi connectivity index (χ3v) is 4.89. The van der Waals surface area contributed by atoms with Crippen LogP contribution >= 0.6 is 0 Å². The Labute approximate surface area is 188 Å². The summed E-state index contributed by atoms with van der Waals surface area (Å²) >= 11 is 0. The first-order valence-corrected chi connectivity index (χ1v) is 10.8. The van der Waals surface area contributed by atoms with Crippen molar-refractivity contribution in [1.82, 2.24) is 16.0 Å². The van der Waals surface area contributed by atoms with Crippen LogP contribution in [0.15, 0.2) is 30.3 Å². The van der Waals surface area contributed by atoms with E-state index >= 15 is 0 Å². The first-order chi connectivity index (χ1) is 15.1. The number of nitrogens with one attached hydrogen (secondary N) is 3. The quantitative estimate of drug-likeness (QED) is 0.208. The summed E-state index contributed by atoms with van der Waals surface area (Å²) < 4.78 is 0. The molecule has 0 aromatic heterocycles. The number of hydrogen-bond donors (Lipinski definition) is 6. The highest BCUT2D eigenvalue weighted by Crippen LogP contribution is 2.07. The average molecular weight is 450 g/mol. The summed E-state index contributed by atoms with van der Waals surface area (Å²) in [6.07, 6.45) is 2.08. The van der Waals surface area contributed by atoms with E-state index in [4.69, 9.17) is 11.5 Å². The number of amides is 3. The maximum atomic E-state index is 12.8. The van der Waals surface area contributed by atoms with Gasteiger partial charge in [0, 0.05) is 6.42 Å². The standard InChI is InChI=1S/C22H35N5O5/c1-14(2)19(22(31)32)27-21(30)17(12-15-8-4-3-5-9-15)26-18(28)13-25-20(29)16(24)10-6-7-11-23/h3-5,8-9,14,16-17,19H,6-7,10-13,23-24H2,1-2H3,(H,25,29)(H,26,28)(H,27,30)(H,31,32). The van der Waals surface area contributed by atoms with Crippen LogP contribution in [0, 0.1) is 5.92 Å². The minimum absolute atomic E-state index is 0.162. The summed E-state index contributed by atoms with van der Waals surface area (Å²) in [6, 6.07) is 6.16. The third-order valence-electron chi connectivity index (χ3n) is 4.89. The van der Waals surface area contributed by atoms with Gasteiger partial charge in [0.25, 0.3) is 0 Å². The number of carboxylic acids is 1. The van der Waals surface area contributed by atoms with Gasteiger partial charge in [-0.1, -0.05) is 50.6 Å². The van der Waals surface area contributed by atoms with Gasteiger partial charge < -0.3 is 32.5 Å². The molecule has 10 nitrogen and oxygen atoms in total. The third kappa shape index (κ3) is 9.88. The van der Waals surface area contributed by atoms with Crippen LogP contribution in [0.25, 0.3) is 0 Å². The van der Waals surface area contributed by atoms with Crippen molar-refractivity contribution in [2.75, 3.05) is 13.1 Å². The van der Waals surface area contributed by atoms with Crippen molar-refractivity contribution in [3.63, 3.8) is 0 Å². The minimum atomic E-state index is -1.16. The maximum Gasteiger partial charge on any atom is 0.326 e. The molecule has 0 aliphatic heterocycles. The smallest absolute Gasteiger partial charge is 0.326 e. The molecule has 0 bridgehead atoms. The van der Waals surface area contributed by atoms with Crippen molar-refractivity contribution in [2.24, 2.45) is 17.4 Å². The number of nitrogens with two attached hydrogens (primary N) is 2. The molecule has 3 amide bonds. The van der Waals surface area contributed by atoms with Gasteiger partial charge in [0.15, 0.2) is 0 Å². The van der Waals surface area contributed by atoms with Crippen LogP contribution in [0.5, 0.6) is 0 Å². The molecule has 0 aliphatic carbocycles. The molecule has 10 heteroatoms. The molecule has 3 unspecified atom stereocenters. The van der Waals surface area contributed by atoms with Gasteiger partial charge in [0.05, 0.1) is 12.6 Å². The van der Waals surface area contributed by atoms with Crippen LogP contribution in [0.3, 0.4) is 0 Å². The Balaban J connectivity index is 2.76. The molecule has 0 spiro atoms. The average Bonchev–Trinajstić information content (AvgIpc) is 2.75. The number of rotatable bonds is 14. The molecule has 0 saturated carbocycles. The largest absolute Gasteiger partial charge is 0.480 e. The molecule has 3 atom stereocenters. The van der Waals surface area contributed by atoms with Gasteiger partial charge in [0.2, 0.25) is 17.7 Å². The molecule has 178 valence electrons. The number of unbranched alkanes of at least 4 members (excludes halogenated alkanes) is 1. The zero-order valence-electron chi connectivity index (χ0n) is 18.7.